The van der Waals surface area contributed by atoms with Crippen molar-refractivity contribution in [1.29, 1.82) is 0 Å². The fourth-order valence-corrected chi connectivity index (χ4v) is 9.14. The van der Waals surface area contributed by atoms with E-state index in [1.165, 1.54) is 32.3 Å². The van der Waals surface area contributed by atoms with E-state index in [-0.39, 0.29) is 0 Å². The second kappa shape index (κ2) is 15.2. The van der Waals surface area contributed by atoms with Crippen molar-refractivity contribution >= 4 is 43.4 Å². The monoisotopic (exact) mass is 802 g/mol. The zero-order valence-corrected chi connectivity index (χ0v) is 34.2. The molecule has 12 aromatic rings. The lowest BCUT2D eigenvalue weighted by Gasteiger charge is -2.16. The van der Waals surface area contributed by atoms with E-state index in [0.717, 1.165) is 66.8 Å². The van der Waals surface area contributed by atoms with Gasteiger partial charge in [0.1, 0.15) is 0 Å². The molecule has 0 aliphatic heterocycles. The predicted octanol–water partition coefficient (Wildman–Crippen LogP) is 15.3. The lowest BCUT2D eigenvalue weighted by atomic mass is 9.94. The summed E-state index contributed by atoms with van der Waals surface area (Å²) in [7, 11) is 0. The molecular formula is C59H38N4. The molecule has 0 bridgehead atoms. The minimum absolute atomic E-state index is 0.608. The van der Waals surface area contributed by atoms with E-state index in [9.17, 15) is 0 Å². The molecule has 0 amide bonds. The minimum Gasteiger partial charge on any atom is -0.309 e. The highest BCUT2D eigenvalue weighted by atomic mass is 15.0. The van der Waals surface area contributed by atoms with Crippen LogP contribution in [0.25, 0.3) is 117 Å². The van der Waals surface area contributed by atoms with Crippen LogP contribution in [0.2, 0.25) is 0 Å². The third kappa shape index (κ3) is 6.53. The van der Waals surface area contributed by atoms with Crippen LogP contribution in [0.3, 0.4) is 0 Å². The summed E-state index contributed by atoms with van der Waals surface area (Å²) in [5.74, 6) is 1.85. The molecule has 0 saturated carbocycles. The number of aromatic nitrogens is 4. The summed E-state index contributed by atoms with van der Waals surface area (Å²) in [6, 6.07) is 81.9. The Morgan fingerprint density at radius 1 is 0.270 bits per heavy atom. The average Bonchev–Trinajstić information content (AvgIpc) is 3.69. The van der Waals surface area contributed by atoms with Gasteiger partial charge < -0.3 is 4.57 Å². The van der Waals surface area contributed by atoms with E-state index in [1.807, 2.05) is 24.3 Å². The molecule has 0 N–H and O–H groups in total. The van der Waals surface area contributed by atoms with Gasteiger partial charge in [0.2, 0.25) is 0 Å². The zero-order valence-electron chi connectivity index (χ0n) is 34.2. The third-order valence-corrected chi connectivity index (χ3v) is 12.2. The summed E-state index contributed by atoms with van der Waals surface area (Å²) < 4.78 is 2.43. The smallest absolute Gasteiger partial charge is 0.164 e. The first-order chi connectivity index (χ1) is 31.2. The molecular weight excluding hydrogens is 765 g/mol. The van der Waals surface area contributed by atoms with E-state index < -0.39 is 0 Å². The number of nitrogens with zero attached hydrogens (tertiary/aromatic N) is 4. The van der Waals surface area contributed by atoms with Crippen molar-refractivity contribution in [1.82, 2.24) is 19.5 Å². The van der Waals surface area contributed by atoms with E-state index in [4.69, 9.17) is 15.0 Å². The molecule has 10 aromatic carbocycles. The predicted molar refractivity (Wildman–Crippen MR) is 262 cm³/mol. The van der Waals surface area contributed by atoms with Gasteiger partial charge in [-0.15, -0.1) is 0 Å². The van der Waals surface area contributed by atoms with Crippen molar-refractivity contribution in [2.75, 3.05) is 0 Å². The maximum absolute atomic E-state index is 5.30. The van der Waals surface area contributed by atoms with Gasteiger partial charge in [-0.1, -0.05) is 188 Å². The van der Waals surface area contributed by atoms with Gasteiger partial charge in [0.05, 0.1) is 11.0 Å². The average molecular weight is 803 g/mol. The molecule has 0 fully saturated rings. The molecule has 0 saturated heterocycles. The Morgan fingerprint density at radius 2 is 0.794 bits per heavy atom. The van der Waals surface area contributed by atoms with Crippen LogP contribution in [0, 0.1) is 0 Å². The molecule has 0 atom stereocenters. The summed E-state index contributed by atoms with van der Waals surface area (Å²) in [5, 5.41) is 7.36. The number of hydrogen-bond acceptors (Lipinski definition) is 3. The number of hydrogen-bond donors (Lipinski definition) is 0. The SMILES string of the molecule is c1ccc(-c2ccc(-c3nc(-c4ccccc4)nc(-c4ccc(-n5c6cc7ccccc7cc6c6c7ccccc7ccc65)cc4-c4cccc(-c5ccccc5)c4)n3)cc2)cc1. The van der Waals surface area contributed by atoms with Gasteiger partial charge in [-0.3, -0.25) is 0 Å². The standard InChI is InChI=1S/C59H38N4/c1-4-15-39(16-5-1)41-27-29-44(30-28-41)58-60-57(43-20-8-3-9-21-43)61-59(62-58)51-33-32-49(38-52(51)48-25-14-24-45(35-48)40-17-6-2-7-18-40)63-54-34-31-42-19-12-13-26-50(42)56(54)53-36-46-22-10-11-23-47(46)37-55(53)63/h1-38H. The maximum Gasteiger partial charge on any atom is 0.164 e. The second-order valence-corrected chi connectivity index (χ2v) is 16.0. The number of benzene rings is 10. The Morgan fingerprint density at radius 3 is 1.51 bits per heavy atom. The van der Waals surface area contributed by atoms with Crippen molar-refractivity contribution in [3.8, 4) is 73.2 Å². The summed E-state index contributed by atoms with van der Waals surface area (Å²) >= 11 is 0. The van der Waals surface area contributed by atoms with Crippen LogP contribution >= 0.6 is 0 Å². The van der Waals surface area contributed by atoms with Gasteiger partial charge in [0, 0.05) is 33.2 Å². The van der Waals surface area contributed by atoms with Crippen molar-refractivity contribution in [3.05, 3.63) is 231 Å². The Kier molecular flexibility index (Phi) is 8.79. The van der Waals surface area contributed by atoms with E-state index in [1.54, 1.807) is 0 Å². The van der Waals surface area contributed by atoms with Gasteiger partial charge in [-0.25, -0.2) is 15.0 Å². The Bertz CT molecular complexity index is 3650. The number of fused-ring (bicyclic) bond motifs is 6. The Balaban J connectivity index is 1.11. The van der Waals surface area contributed by atoms with Gasteiger partial charge in [-0.2, -0.15) is 0 Å². The molecule has 0 aliphatic rings. The van der Waals surface area contributed by atoms with Gasteiger partial charge in [-0.05, 0) is 97.4 Å². The summed E-state index contributed by atoms with van der Waals surface area (Å²) in [6.07, 6.45) is 0. The van der Waals surface area contributed by atoms with Crippen LogP contribution in [-0.4, -0.2) is 19.5 Å². The molecule has 2 heterocycles. The van der Waals surface area contributed by atoms with E-state index >= 15 is 0 Å². The normalized spacial score (nSPS) is 11.5. The van der Waals surface area contributed by atoms with Crippen molar-refractivity contribution < 1.29 is 0 Å². The van der Waals surface area contributed by atoms with E-state index in [2.05, 4.69) is 211 Å². The first-order valence-corrected chi connectivity index (χ1v) is 21.3. The Hall–Kier alpha value is -8.47. The maximum atomic E-state index is 5.30. The zero-order chi connectivity index (χ0) is 41.7. The molecule has 0 unspecified atom stereocenters. The van der Waals surface area contributed by atoms with Gasteiger partial charge in [0.15, 0.2) is 17.5 Å². The molecule has 0 spiro atoms. The van der Waals surface area contributed by atoms with Crippen LogP contribution in [-0.2, 0) is 0 Å². The topological polar surface area (TPSA) is 43.6 Å². The molecule has 2 aromatic heterocycles. The van der Waals surface area contributed by atoms with Crippen LogP contribution in [0.15, 0.2) is 231 Å². The highest BCUT2D eigenvalue weighted by Crippen LogP contribution is 2.42. The molecule has 63 heavy (non-hydrogen) atoms. The highest BCUT2D eigenvalue weighted by Gasteiger charge is 2.21. The summed E-state index contributed by atoms with van der Waals surface area (Å²) in [4.78, 5) is 15.7. The fraction of sp³-hybridized carbons (Fsp3) is 0. The first-order valence-electron chi connectivity index (χ1n) is 21.3. The lowest BCUT2D eigenvalue weighted by Crippen LogP contribution is -2.02. The van der Waals surface area contributed by atoms with Crippen molar-refractivity contribution in [3.63, 3.8) is 0 Å². The second-order valence-electron chi connectivity index (χ2n) is 16.0. The quantitative estimate of drug-likeness (QED) is 0.161. The summed E-state index contributed by atoms with van der Waals surface area (Å²) in [5.41, 5.74) is 12.8. The molecule has 294 valence electrons. The summed E-state index contributed by atoms with van der Waals surface area (Å²) in [6.45, 7) is 0. The molecule has 0 radical (unpaired) electrons. The first kappa shape index (κ1) is 36.4. The molecule has 4 nitrogen and oxygen atoms in total. The van der Waals surface area contributed by atoms with Crippen LogP contribution in [0.4, 0.5) is 0 Å². The largest absolute Gasteiger partial charge is 0.309 e. The van der Waals surface area contributed by atoms with E-state index in [0.29, 0.717) is 17.5 Å². The van der Waals surface area contributed by atoms with Crippen molar-refractivity contribution in [2.24, 2.45) is 0 Å². The van der Waals surface area contributed by atoms with Gasteiger partial charge in [0.25, 0.3) is 0 Å². The van der Waals surface area contributed by atoms with Crippen molar-refractivity contribution in [2.45, 2.75) is 0 Å². The highest BCUT2D eigenvalue weighted by molar-refractivity contribution is 6.23. The molecule has 4 heteroatoms. The lowest BCUT2D eigenvalue weighted by molar-refractivity contribution is 1.07. The number of rotatable bonds is 7. The minimum atomic E-state index is 0.608. The molecule has 12 rings (SSSR count). The molecule has 0 aliphatic carbocycles. The van der Waals surface area contributed by atoms with Crippen LogP contribution in [0.1, 0.15) is 0 Å². The fourth-order valence-electron chi connectivity index (χ4n) is 9.14. The van der Waals surface area contributed by atoms with Gasteiger partial charge >= 0.3 is 0 Å². The third-order valence-electron chi connectivity index (χ3n) is 12.2. The Labute approximate surface area is 365 Å². The van der Waals surface area contributed by atoms with Crippen LogP contribution < -0.4 is 0 Å². The van der Waals surface area contributed by atoms with Crippen LogP contribution in [0.5, 0.6) is 0 Å².